The van der Waals surface area contributed by atoms with E-state index < -0.39 is 0 Å². The molecule has 2 aliphatic heterocycles. The third-order valence-corrected chi connectivity index (χ3v) is 4.09. The molecular weight excluding hydrogens is 266 g/mol. The summed E-state index contributed by atoms with van der Waals surface area (Å²) in [5.41, 5.74) is 0. The molecule has 0 aliphatic carbocycles. The van der Waals surface area contributed by atoms with E-state index in [1.165, 1.54) is 25.9 Å². The van der Waals surface area contributed by atoms with Crippen LogP contribution in [0.15, 0.2) is 22.8 Å². The van der Waals surface area contributed by atoms with Gasteiger partial charge in [0.05, 0.1) is 0 Å². The van der Waals surface area contributed by atoms with Crippen molar-refractivity contribution < 1.29 is 0 Å². The molecule has 3 nitrogen and oxygen atoms in total. The van der Waals surface area contributed by atoms with Crippen molar-refractivity contribution in [3.63, 3.8) is 0 Å². The molecule has 0 saturated carbocycles. The van der Waals surface area contributed by atoms with Gasteiger partial charge in [-0.05, 0) is 47.4 Å². The molecule has 1 aromatic heterocycles. The minimum Gasteiger partial charge on any atom is -0.354 e. The first-order valence-corrected chi connectivity index (χ1v) is 6.73. The molecule has 86 valence electrons. The lowest BCUT2D eigenvalue weighted by atomic mass is 10.1. The van der Waals surface area contributed by atoms with Gasteiger partial charge in [-0.1, -0.05) is 0 Å². The van der Waals surface area contributed by atoms with Crippen molar-refractivity contribution >= 4 is 21.7 Å². The number of nitrogens with zero attached hydrogens (tertiary/aromatic N) is 3. The van der Waals surface area contributed by atoms with Gasteiger partial charge in [0.25, 0.3) is 0 Å². The molecule has 0 unspecified atom stereocenters. The summed E-state index contributed by atoms with van der Waals surface area (Å²) in [6.07, 6.45) is 4.61. The van der Waals surface area contributed by atoms with Crippen molar-refractivity contribution in [3.05, 3.63) is 22.8 Å². The molecule has 0 spiro atoms. The van der Waals surface area contributed by atoms with Crippen molar-refractivity contribution in [2.45, 2.75) is 18.9 Å². The van der Waals surface area contributed by atoms with E-state index in [9.17, 15) is 0 Å². The Hall–Kier alpha value is -0.610. The lowest BCUT2D eigenvalue weighted by Crippen LogP contribution is -2.50. The van der Waals surface area contributed by atoms with Gasteiger partial charge >= 0.3 is 0 Å². The van der Waals surface area contributed by atoms with Gasteiger partial charge in [-0.15, -0.1) is 0 Å². The predicted molar refractivity (Wildman–Crippen MR) is 68.7 cm³/mol. The second-order valence-corrected chi connectivity index (χ2v) is 5.53. The van der Waals surface area contributed by atoms with E-state index in [4.69, 9.17) is 0 Å². The maximum Gasteiger partial charge on any atom is 0.128 e. The zero-order valence-corrected chi connectivity index (χ0v) is 10.9. The molecule has 1 atom stereocenters. The third kappa shape index (κ3) is 1.96. The van der Waals surface area contributed by atoms with Crippen LogP contribution in [0.1, 0.15) is 12.8 Å². The molecule has 16 heavy (non-hydrogen) atoms. The Morgan fingerprint density at radius 3 is 3.00 bits per heavy atom. The lowest BCUT2D eigenvalue weighted by molar-refractivity contribution is 0.230. The SMILES string of the molecule is Brc1ccc(N2CCN3CCC[C@H]3C2)nc1. The molecule has 4 heteroatoms. The number of rotatable bonds is 1. The highest BCUT2D eigenvalue weighted by molar-refractivity contribution is 9.10. The topological polar surface area (TPSA) is 19.4 Å². The Morgan fingerprint density at radius 2 is 2.19 bits per heavy atom. The Labute approximate surface area is 105 Å². The zero-order valence-electron chi connectivity index (χ0n) is 9.27. The van der Waals surface area contributed by atoms with Gasteiger partial charge < -0.3 is 4.90 Å². The van der Waals surface area contributed by atoms with Gasteiger partial charge in [-0.2, -0.15) is 0 Å². The maximum absolute atomic E-state index is 4.48. The van der Waals surface area contributed by atoms with Crippen molar-refractivity contribution in [1.82, 2.24) is 9.88 Å². The molecule has 3 rings (SSSR count). The summed E-state index contributed by atoms with van der Waals surface area (Å²) < 4.78 is 1.05. The number of anilines is 1. The van der Waals surface area contributed by atoms with Crippen LogP contribution in [0.4, 0.5) is 5.82 Å². The quantitative estimate of drug-likeness (QED) is 0.786. The van der Waals surface area contributed by atoms with Crippen LogP contribution in [0, 0.1) is 0 Å². The average molecular weight is 282 g/mol. The summed E-state index contributed by atoms with van der Waals surface area (Å²) in [7, 11) is 0. The first-order chi connectivity index (χ1) is 7.83. The summed E-state index contributed by atoms with van der Waals surface area (Å²) in [6.45, 7) is 4.76. The summed E-state index contributed by atoms with van der Waals surface area (Å²) in [5, 5.41) is 0. The van der Waals surface area contributed by atoms with Crippen LogP contribution < -0.4 is 4.90 Å². The second kappa shape index (κ2) is 4.34. The number of halogens is 1. The van der Waals surface area contributed by atoms with E-state index in [-0.39, 0.29) is 0 Å². The highest BCUT2D eigenvalue weighted by atomic mass is 79.9. The minimum absolute atomic E-state index is 0.763. The second-order valence-electron chi connectivity index (χ2n) is 4.61. The summed E-state index contributed by atoms with van der Waals surface area (Å²) >= 11 is 3.43. The van der Waals surface area contributed by atoms with Crippen LogP contribution >= 0.6 is 15.9 Å². The fraction of sp³-hybridized carbons (Fsp3) is 0.583. The average Bonchev–Trinajstić information content (AvgIpc) is 2.77. The molecule has 0 bridgehead atoms. The van der Waals surface area contributed by atoms with Crippen LogP contribution in [-0.4, -0.2) is 42.1 Å². The normalized spacial score (nSPS) is 25.8. The van der Waals surface area contributed by atoms with Crippen molar-refractivity contribution in [2.24, 2.45) is 0 Å². The Bertz CT molecular complexity index is 365. The molecule has 2 fully saturated rings. The number of hydrogen-bond acceptors (Lipinski definition) is 3. The van der Waals surface area contributed by atoms with Crippen molar-refractivity contribution in [1.29, 1.82) is 0 Å². The van der Waals surface area contributed by atoms with E-state index in [0.717, 1.165) is 29.4 Å². The Balaban J connectivity index is 1.74. The number of hydrogen-bond donors (Lipinski definition) is 0. The van der Waals surface area contributed by atoms with E-state index in [0.29, 0.717) is 0 Å². The van der Waals surface area contributed by atoms with Crippen LogP contribution in [0.5, 0.6) is 0 Å². The lowest BCUT2D eigenvalue weighted by Gasteiger charge is -2.38. The highest BCUT2D eigenvalue weighted by Crippen LogP contribution is 2.24. The monoisotopic (exact) mass is 281 g/mol. The molecule has 2 saturated heterocycles. The van der Waals surface area contributed by atoms with Crippen LogP contribution in [0.3, 0.4) is 0 Å². The fourth-order valence-corrected chi connectivity index (χ4v) is 2.99. The Kier molecular flexibility index (Phi) is 2.86. The van der Waals surface area contributed by atoms with Gasteiger partial charge in [-0.25, -0.2) is 4.98 Å². The molecule has 0 amide bonds. The number of piperazine rings is 1. The van der Waals surface area contributed by atoms with Crippen LogP contribution in [-0.2, 0) is 0 Å². The van der Waals surface area contributed by atoms with Crippen LogP contribution in [0.2, 0.25) is 0 Å². The molecule has 1 aromatic rings. The largest absolute Gasteiger partial charge is 0.354 e. The predicted octanol–water partition coefficient (Wildman–Crippen LogP) is 2.13. The molecular formula is C12H16BrN3. The van der Waals surface area contributed by atoms with Gasteiger partial charge in [0.1, 0.15) is 5.82 Å². The van der Waals surface area contributed by atoms with E-state index in [1.54, 1.807) is 0 Å². The van der Waals surface area contributed by atoms with E-state index in [1.807, 2.05) is 6.20 Å². The van der Waals surface area contributed by atoms with E-state index in [2.05, 4.69) is 42.8 Å². The standard InChI is InChI=1S/C12H16BrN3/c13-10-3-4-12(14-8-10)16-7-6-15-5-1-2-11(15)9-16/h3-4,8,11H,1-2,5-7,9H2/t11-/m0/s1. The smallest absolute Gasteiger partial charge is 0.128 e. The molecule has 0 aromatic carbocycles. The number of pyridine rings is 1. The highest BCUT2D eigenvalue weighted by Gasteiger charge is 2.30. The first kappa shape index (κ1) is 10.5. The van der Waals surface area contributed by atoms with Gasteiger partial charge in [0.2, 0.25) is 0 Å². The summed E-state index contributed by atoms with van der Waals surface area (Å²) in [4.78, 5) is 9.51. The first-order valence-electron chi connectivity index (χ1n) is 5.93. The Morgan fingerprint density at radius 1 is 1.25 bits per heavy atom. The van der Waals surface area contributed by atoms with Gasteiger partial charge in [0.15, 0.2) is 0 Å². The number of aromatic nitrogens is 1. The zero-order chi connectivity index (χ0) is 11.0. The fourth-order valence-electron chi connectivity index (χ4n) is 2.75. The number of fused-ring (bicyclic) bond motifs is 1. The minimum atomic E-state index is 0.763. The summed E-state index contributed by atoms with van der Waals surface area (Å²) in [5.74, 6) is 1.12. The maximum atomic E-state index is 4.48. The van der Waals surface area contributed by atoms with Gasteiger partial charge in [-0.3, -0.25) is 4.90 Å². The van der Waals surface area contributed by atoms with E-state index >= 15 is 0 Å². The molecule has 0 N–H and O–H groups in total. The third-order valence-electron chi connectivity index (χ3n) is 3.62. The summed E-state index contributed by atoms with van der Waals surface area (Å²) in [6, 6.07) is 4.94. The molecule has 3 heterocycles. The van der Waals surface area contributed by atoms with Crippen molar-refractivity contribution in [3.8, 4) is 0 Å². The molecule has 2 aliphatic rings. The van der Waals surface area contributed by atoms with Crippen molar-refractivity contribution in [2.75, 3.05) is 31.1 Å². The van der Waals surface area contributed by atoms with Crippen LogP contribution in [0.25, 0.3) is 0 Å². The van der Waals surface area contributed by atoms with Gasteiger partial charge in [0, 0.05) is 36.3 Å². The molecule has 0 radical (unpaired) electrons.